The van der Waals surface area contributed by atoms with Crippen LogP contribution < -0.4 is 20.8 Å². The van der Waals surface area contributed by atoms with Crippen molar-refractivity contribution in [3.05, 3.63) is 52.5 Å². The van der Waals surface area contributed by atoms with Gasteiger partial charge in [-0.3, -0.25) is 19.5 Å². The molecule has 2 aliphatic rings. The van der Waals surface area contributed by atoms with Gasteiger partial charge in [-0.2, -0.15) is 8.42 Å². The molecule has 0 aromatic carbocycles. The number of aromatic nitrogens is 2. The standard InChI is InChI=1S/C39H58BF2N7O10S/c1-6-7-8-9-10-14-29-24-30(47-33(29)25-32-28(15-13-22-49(3,4)5)23-27(2)46(32)40(47,41)42)17-18-34(50)45-39(55)44-31(26-60(56,57)58)38(54)43-21-12-11-16-37(53)59-48-35(51)19-20-36(48)52/h19-20,23-25,31H,6-18,21-22,26H2,1-5H3,(H5-,43,44,45,50,51,52,54,55,56,57,58)/p+1. The van der Waals surface area contributed by atoms with E-state index in [0.717, 1.165) is 81.8 Å². The third kappa shape index (κ3) is 13.2. The van der Waals surface area contributed by atoms with Gasteiger partial charge >= 0.3 is 19.0 Å². The van der Waals surface area contributed by atoms with Crippen LogP contribution in [0, 0.1) is 6.92 Å². The Morgan fingerprint density at radius 1 is 0.933 bits per heavy atom. The van der Waals surface area contributed by atoms with Gasteiger partial charge in [-0.15, -0.1) is 4.73 Å². The minimum absolute atomic E-state index is 0.0931. The van der Waals surface area contributed by atoms with Crippen molar-refractivity contribution < 1.29 is 64.8 Å². The highest BCUT2D eigenvalue weighted by molar-refractivity contribution is 7.85. The normalized spacial score (nSPS) is 15.1. The predicted octanol–water partition coefficient (Wildman–Crippen LogP) is 3.78. The van der Waals surface area contributed by atoms with Crippen LogP contribution in [0.3, 0.4) is 0 Å². The molecule has 332 valence electrons. The number of hydrogen-bond donors (Lipinski definition) is 6. The summed E-state index contributed by atoms with van der Waals surface area (Å²) in [6.45, 7) is 0.207. The van der Waals surface area contributed by atoms with Crippen molar-refractivity contribution in [3.8, 4) is 11.8 Å². The quantitative estimate of drug-likeness (QED) is 0.0411. The minimum atomic E-state index is -4.80. The second-order valence-corrected chi connectivity index (χ2v) is 17.9. The lowest BCUT2D eigenvalue weighted by Crippen LogP contribution is -2.54. The fourth-order valence-corrected chi connectivity index (χ4v) is 8.05. The number of nitrogens with zero attached hydrogens (tertiary/aromatic N) is 4. The molecule has 21 heteroatoms. The Hall–Kier alpha value is -5.02. The number of nitrogens with one attached hydrogen (secondary N) is 3. The molecule has 17 nitrogen and oxygen atoms in total. The SMILES string of the molecule is CCCCCCCC1=CC(CCC(=O)NC(=O)NC(CS(=O)(=O)O)C(=O)NCCCCC(=O)On2c(O)ccc2O)=[N+]2C1=Cc1c(CCC[N+](C)(C)C)cc(C)n1[B-]2(F)F. The third-order valence-corrected chi connectivity index (χ3v) is 11.0. The Balaban J connectivity index is 1.39. The lowest BCUT2D eigenvalue weighted by atomic mass is 9.88. The van der Waals surface area contributed by atoms with E-state index in [2.05, 4.69) is 38.7 Å². The summed E-state index contributed by atoms with van der Waals surface area (Å²) in [7, 11) is 1.46. The number of quaternary nitrogens is 1. The average Bonchev–Trinajstić information content (AvgIpc) is 3.77. The summed E-state index contributed by atoms with van der Waals surface area (Å²) in [6.07, 6.45) is 10.1. The van der Waals surface area contributed by atoms with Crippen LogP contribution in [0.2, 0.25) is 0 Å². The molecule has 1 unspecified atom stereocenters. The molecule has 4 heterocycles. The molecule has 0 saturated heterocycles. The van der Waals surface area contributed by atoms with Gasteiger partial charge in [0.15, 0.2) is 5.70 Å². The summed E-state index contributed by atoms with van der Waals surface area (Å²) < 4.78 is 69.7. The topological polar surface area (TPSA) is 221 Å². The number of halogens is 2. The molecule has 0 radical (unpaired) electrons. The first-order valence-corrected chi connectivity index (χ1v) is 22.0. The Kier molecular flexibility index (Phi) is 16.3. The summed E-state index contributed by atoms with van der Waals surface area (Å²) in [5.74, 6) is -4.92. The van der Waals surface area contributed by atoms with Crippen LogP contribution in [0.4, 0.5) is 13.4 Å². The van der Waals surface area contributed by atoms with E-state index in [1.54, 1.807) is 13.0 Å². The Labute approximate surface area is 349 Å². The smallest absolute Gasteiger partial charge is 0.492 e. The highest BCUT2D eigenvalue weighted by Gasteiger charge is 2.54. The number of hydrogen-bond acceptors (Lipinski definition) is 9. The van der Waals surface area contributed by atoms with Gasteiger partial charge in [0.05, 0.1) is 27.7 Å². The highest BCUT2D eigenvalue weighted by atomic mass is 32.2. The summed E-state index contributed by atoms with van der Waals surface area (Å²) in [6, 6.07) is 0.962. The van der Waals surface area contributed by atoms with Gasteiger partial charge in [0, 0.05) is 67.8 Å². The number of fused-ring (bicyclic) bond motifs is 2. The van der Waals surface area contributed by atoms with Crippen molar-refractivity contribution in [2.45, 2.75) is 103 Å². The third-order valence-electron chi connectivity index (χ3n) is 10.3. The molecule has 2 aliphatic heterocycles. The maximum Gasteiger partial charge on any atom is 0.737 e. The molecule has 0 spiro atoms. The van der Waals surface area contributed by atoms with Crippen molar-refractivity contribution in [1.29, 1.82) is 0 Å². The van der Waals surface area contributed by atoms with E-state index in [4.69, 9.17) is 4.84 Å². The molecule has 0 aliphatic carbocycles. The number of carbonyl (C=O) groups excluding carboxylic acids is 4. The molecule has 2 aromatic rings. The number of imide groups is 1. The zero-order valence-electron chi connectivity index (χ0n) is 35.0. The van der Waals surface area contributed by atoms with Gasteiger partial charge in [-0.05, 0) is 56.4 Å². The van der Waals surface area contributed by atoms with Gasteiger partial charge in [0.1, 0.15) is 17.5 Å². The molecular formula is C39H59BF2N7O10S+. The lowest BCUT2D eigenvalue weighted by Gasteiger charge is -2.31. The van der Waals surface area contributed by atoms with Crippen LogP contribution >= 0.6 is 0 Å². The van der Waals surface area contributed by atoms with Gasteiger partial charge in [0.25, 0.3) is 10.1 Å². The minimum Gasteiger partial charge on any atom is -0.492 e. The monoisotopic (exact) mass is 866 g/mol. The Morgan fingerprint density at radius 2 is 1.62 bits per heavy atom. The largest absolute Gasteiger partial charge is 0.737 e. The summed E-state index contributed by atoms with van der Waals surface area (Å²) in [4.78, 5) is 55.5. The first kappa shape index (κ1) is 47.7. The van der Waals surface area contributed by atoms with Crippen LogP contribution in [0.25, 0.3) is 6.08 Å². The van der Waals surface area contributed by atoms with E-state index in [1.807, 2.05) is 17.5 Å². The number of aryl methyl sites for hydroxylation is 2. The molecule has 1 atom stereocenters. The second kappa shape index (κ2) is 20.5. The zero-order chi connectivity index (χ0) is 44.4. The molecule has 0 bridgehead atoms. The number of aromatic hydroxyl groups is 2. The molecule has 60 heavy (non-hydrogen) atoms. The van der Waals surface area contributed by atoms with Gasteiger partial charge < -0.3 is 47.8 Å². The average molecular weight is 867 g/mol. The fourth-order valence-electron chi connectivity index (χ4n) is 7.39. The van der Waals surface area contributed by atoms with Crippen molar-refractivity contribution in [2.75, 3.05) is 40.0 Å². The number of urea groups is 1. The van der Waals surface area contributed by atoms with Crippen molar-refractivity contribution in [1.82, 2.24) is 25.2 Å². The zero-order valence-corrected chi connectivity index (χ0v) is 35.8. The van der Waals surface area contributed by atoms with Crippen LogP contribution in [0.5, 0.6) is 11.8 Å². The van der Waals surface area contributed by atoms with Crippen molar-refractivity contribution in [3.63, 3.8) is 0 Å². The number of unbranched alkanes of at least 4 members (excludes halogenated alkanes) is 5. The Morgan fingerprint density at radius 3 is 2.27 bits per heavy atom. The van der Waals surface area contributed by atoms with E-state index < -0.39 is 70.9 Å². The molecular weight excluding hydrogens is 807 g/mol. The highest BCUT2D eigenvalue weighted by Crippen LogP contribution is 2.39. The maximum absolute atomic E-state index is 16.7. The first-order valence-electron chi connectivity index (χ1n) is 20.4. The second-order valence-electron chi connectivity index (χ2n) is 16.4. The van der Waals surface area contributed by atoms with Crippen molar-refractivity contribution >= 4 is 52.7 Å². The molecule has 0 fully saturated rings. The lowest BCUT2D eigenvalue weighted by molar-refractivity contribution is -0.870. The summed E-state index contributed by atoms with van der Waals surface area (Å²) in [5.41, 5.74) is 3.13. The van der Waals surface area contributed by atoms with E-state index >= 15 is 8.63 Å². The molecule has 2 aromatic heterocycles. The van der Waals surface area contributed by atoms with Crippen LogP contribution in [-0.4, -0.2) is 124 Å². The molecule has 4 rings (SSSR count). The number of allylic oxidation sites excluding steroid dienone is 2. The predicted molar refractivity (Wildman–Crippen MR) is 221 cm³/mol. The van der Waals surface area contributed by atoms with Gasteiger partial charge in [-0.25, -0.2) is 9.59 Å². The Bertz CT molecular complexity index is 2100. The van der Waals surface area contributed by atoms with Gasteiger partial charge in [-0.1, -0.05) is 32.6 Å². The fraction of sp³-hybridized carbons (Fsp3) is 0.564. The van der Waals surface area contributed by atoms with Crippen LogP contribution in [0.1, 0.15) is 101 Å². The summed E-state index contributed by atoms with van der Waals surface area (Å²) in [5, 5.41) is 25.6. The van der Waals surface area contributed by atoms with E-state index in [9.17, 15) is 42.4 Å². The summed E-state index contributed by atoms with van der Waals surface area (Å²) >= 11 is 0. The molecule has 6 N–H and O–H groups in total. The van der Waals surface area contributed by atoms with E-state index in [1.165, 1.54) is 0 Å². The number of rotatable bonds is 23. The number of amides is 4. The van der Waals surface area contributed by atoms with E-state index in [-0.39, 0.29) is 37.9 Å². The molecule has 0 saturated carbocycles. The molecule has 4 amide bonds. The maximum atomic E-state index is 16.7. The van der Waals surface area contributed by atoms with E-state index in [0.29, 0.717) is 34.7 Å². The van der Waals surface area contributed by atoms with Crippen LogP contribution in [0.15, 0.2) is 35.5 Å². The first-order chi connectivity index (χ1) is 28.1. The van der Waals surface area contributed by atoms with Crippen LogP contribution in [-0.2, 0) is 30.9 Å². The van der Waals surface area contributed by atoms with Gasteiger partial charge in [0.2, 0.25) is 23.6 Å². The van der Waals surface area contributed by atoms with Crippen molar-refractivity contribution in [2.24, 2.45) is 0 Å². The number of carbonyl (C=O) groups is 4.